The smallest absolute Gasteiger partial charge is 0.349 e. The summed E-state index contributed by atoms with van der Waals surface area (Å²) in [5.74, 6) is -3.04. The lowest BCUT2D eigenvalue weighted by atomic mass is 9.88. The van der Waals surface area contributed by atoms with E-state index in [1.807, 2.05) is 18.2 Å². The molecule has 0 N–H and O–H groups in total. The number of carbonyl (C=O) groups is 1. The first-order valence-electron chi connectivity index (χ1n) is 9.60. The van der Waals surface area contributed by atoms with Crippen molar-refractivity contribution >= 4 is 5.97 Å². The van der Waals surface area contributed by atoms with E-state index in [0.29, 0.717) is 17.5 Å². The second kappa shape index (κ2) is 9.29. The van der Waals surface area contributed by atoms with Crippen LogP contribution in [0.25, 0.3) is 0 Å². The Hall–Kier alpha value is -3.26. The quantitative estimate of drug-likeness (QED) is 0.433. The molecule has 1 atom stereocenters. The van der Waals surface area contributed by atoms with Crippen LogP contribution in [0.4, 0.5) is 8.78 Å². The summed E-state index contributed by atoms with van der Waals surface area (Å²) in [6.07, 6.45) is 9.96. The third kappa shape index (κ3) is 4.97. The molecule has 0 saturated heterocycles. The third-order valence-corrected chi connectivity index (χ3v) is 4.89. The molecule has 0 aliphatic heterocycles. The molecule has 1 aliphatic carbocycles. The van der Waals surface area contributed by atoms with Gasteiger partial charge in [0.05, 0.1) is 11.6 Å². The van der Waals surface area contributed by atoms with Crippen LogP contribution in [0.15, 0.2) is 60.2 Å². The van der Waals surface area contributed by atoms with E-state index in [2.05, 4.69) is 13.0 Å². The number of nitrogens with zero attached hydrogens (tertiary/aromatic N) is 1. The maximum atomic E-state index is 14.6. The molecule has 1 aliphatic rings. The number of ether oxygens (including phenoxy) is 1. The molecule has 0 aromatic heterocycles. The molecular formula is C24H21F2NO2. The van der Waals surface area contributed by atoms with Gasteiger partial charge >= 0.3 is 5.97 Å². The number of allylic oxidation sites excluding steroid dienone is 4. The molecule has 148 valence electrons. The first-order valence-corrected chi connectivity index (χ1v) is 9.60. The van der Waals surface area contributed by atoms with Crippen molar-refractivity contribution in [2.24, 2.45) is 0 Å². The Morgan fingerprint density at radius 3 is 2.45 bits per heavy atom. The normalized spacial score (nSPS) is 15.5. The van der Waals surface area contributed by atoms with Crippen LogP contribution in [-0.2, 0) is 0 Å². The maximum Gasteiger partial charge on any atom is 0.349 e. The highest BCUT2D eigenvalue weighted by atomic mass is 19.1. The summed E-state index contributed by atoms with van der Waals surface area (Å²) in [4.78, 5) is 12.3. The van der Waals surface area contributed by atoms with Gasteiger partial charge < -0.3 is 4.74 Å². The highest BCUT2D eigenvalue weighted by Crippen LogP contribution is 2.30. The fourth-order valence-corrected chi connectivity index (χ4v) is 3.24. The van der Waals surface area contributed by atoms with Gasteiger partial charge in [0.2, 0.25) is 0 Å². The van der Waals surface area contributed by atoms with Crippen LogP contribution in [0, 0.1) is 23.0 Å². The van der Waals surface area contributed by atoms with Gasteiger partial charge in [-0.15, -0.1) is 0 Å². The van der Waals surface area contributed by atoms with Gasteiger partial charge in [0.15, 0.2) is 0 Å². The van der Waals surface area contributed by atoms with Crippen molar-refractivity contribution in [1.82, 2.24) is 0 Å². The predicted molar refractivity (Wildman–Crippen MR) is 107 cm³/mol. The number of halogens is 2. The number of hydrogen-bond acceptors (Lipinski definition) is 3. The second-order valence-corrected chi connectivity index (χ2v) is 6.97. The van der Waals surface area contributed by atoms with Gasteiger partial charge in [-0.25, -0.2) is 13.6 Å². The number of hydrogen-bond donors (Lipinski definition) is 0. The SMILES string of the molecule is CCCCC1=CCC(c2cc(F)c(C(=O)Oc3ccc(C#N)cc3)c(F)c2)C=C1. The van der Waals surface area contributed by atoms with Gasteiger partial charge in [0.25, 0.3) is 0 Å². The number of nitriles is 1. The van der Waals surface area contributed by atoms with Gasteiger partial charge in [-0.2, -0.15) is 5.26 Å². The molecule has 0 radical (unpaired) electrons. The molecule has 0 spiro atoms. The van der Waals surface area contributed by atoms with Crippen molar-refractivity contribution in [2.45, 2.75) is 38.5 Å². The Bertz CT molecular complexity index is 978. The minimum Gasteiger partial charge on any atom is -0.423 e. The van der Waals surface area contributed by atoms with E-state index >= 15 is 0 Å². The van der Waals surface area contributed by atoms with E-state index in [9.17, 15) is 13.6 Å². The van der Waals surface area contributed by atoms with Gasteiger partial charge in [0, 0.05) is 5.92 Å². The molecule has 3 nitrogen and oxygen atoms in total. The monoisotopic (exact) mass is 393 g/mol. The van der Waals surface area contributed by atoms with Gasteiger partial charge in [0.1, 0.15) is 22.9 Å². The molecule has 0 saturated carbocycles. The molecule has 0 fully saturated rings. The van der Waals surface area contributed by atoms with Crippen LogP contribution in [-0.4, -0.2) is 5.97 Å². The molecule has 0 heterocycles. The van der Waals surface area contributed by atoms with E-state index in [4.69, 9.17) is 10.00 Å². The molecule has 0 amide bonds. The van der Waals surface area contributed by atoms with Crippen molar-refractivity contribution in [3.63, 3.8) is 0 Å². The van der Waals surface area contributed by atoms with Gasteiger partial charge in [-0.1, -0.05) is 37.1 Å². The molecule has 0 bridgehead atoms. The van der Waals surface area contributed by atoms with Crippen LogP contribution < -0.4 is 4.74 Å². The average molecular weight is 393 g/mol. The third-order valence-electron chi connectivity index (χ3n) is 4.89. The molecule has 5 heteroatoms. The lowest BCUT2D eigenvalue weighted by Gasteiger charge is -2.18. The first kappa shape index (κ1) is 20.5. The largest absolute Gasteiger partial charge is 0.423 e. The molecule has 2 aromatic carbocycles. The zero-order valence-corrected chi connectivity index (χ0v) is 16.1. The van der Waals surface area contributed by atoms with E-state index in [1.165, 1.54) is 42.0 Å². The maximum absolute atomic E-state index is 14.6. The fraction of sp³-hybridized carbons (Fsp3) is 0.250. The summed E-state index contributed by atoms with van der Waals surface area (Å²) < 4.78 is 34.2. The van der Waals surface area contributed by atoms with Crippen LogP contribution in [0.2, 0.25) is 0 Å². The van der Waals surface area contributed by atoms with Crippen LogP contribution in [0.1, 0.15) is 60.0 Å². The van der Waals surface area contributed by atoms with Crippen LogP contribution >= 0.6 is 0 Å². The Morgan fingerprint density at radius 2 is 1.90 bits per heavy atom. The Balaban J connectivity index is 1.74. The lowest BCUT2D eigenvalue weighted by Crippen LogP contribution is -2.14. The highest BCUT2D eigenvalue weighted by molar-refractivity contribution is 5.91. The standard InChI is InChI=1S/C24H21F2NO2/c1-2-3-4-16-5-9-18(10-6-16)19-13-21(25)23(22(26)14-19)24(28)29-20-11-7-17(15-27)8-12-20/h5-9,11-14,18H,2-4,10H2,1H3. The van der Waals surface area contributed by atoms with E-state index in [1.54, 1.807) is 0 Å². The number of benzene rings is 2. The van der Waals surface area contributed by atoms with Gasteiger partial charge in [-0.3, -0.25) is 0 Å². The average Bonchev–Trinajstić information content (AvgIpc) is 2.72. The van der Waals surface area contributed by atoms with E-state index in [-0.39, 0.29) is 11.7 Å². The summed E-state index contributed by atoms with van der Waals surface area (Å²) in [6, 6.07) is 10.0. The first-order chi connectivity index (χ1) is 14.0. The Labute approximate surface area is 168 Å². The van der Waals surface area contributed by atoms with E-state index < -0.39 is 23.2 Å². The van der Waals surface area contributed by atoms with Crippen molar-refractivity contribution in [3.8, 4) is 11.8 Å². The molecule has 29 heavy (non-hydrogen) atoms. The summed E-state index contributed by atoms with van der Waals surface area (Å²) in [5, 5.41) is 8.78. The van der Waals surface area contributed by atoms with Crippen molar-refractivity contribution in [1.29, 1.82) is 5.26 Å². The molecule has 3 rings (SSSR count). The number of esters is 1. The topological polar surface area (TPSA) is 50.1 Å². The second-order valence-electron chi connectivity index (χ2n) is 6.97. The van der Waals surface area contributed by atoms with Crippen molar-refractivity contribution in [2.75, 3.05) is 0 Å². The zero-order valence-electron chi connectivity index (χ0n) is 16.1. The summed E-state index contributed by atoms with van der Waals surface area (Å²) in [7, 11) is 0. The number of carbonyl (C=O) groups excluding carboxylic acids is 1. The molecule has 2 aromatic rings. The summed E-state index contributed by atoms with van der Waals surface area (Å²) in [6.45, 7) is 2.13. The van der Waals surface area contributed by atoms with E-state index in [0.717, 1.165) is 19.3 Å². The molecular weight excluding hydrogens is 372 g/mol. The van der Waals surface area contributed by atoms with Crippen LogP contribution in [0.3, 0.4) is 0 Å². The number of unbranched alkanes of at least 4 members (excludes halogenated alkanes) is 1. The predicted octanol–water partition coefficient (Wildman–Crippen LogP) is 6.22. The lowest BCUT2D eigenvalue weighted by molar-refractivity contribution is 0.0724. The molecule has 1 unspecified atom stereocenters. The Morgan fingerprint density at radius 1 is 1.21 bits per heavy atom. The Kier molecular flexibility index (Phi) is 6.56. The minimum absolute atomic E-state index is 0.108. The van der Waals surface area contributed by atoms with Gasteiger partial charge in [-0.05, 0) is 61.2 Å². The van der Waals surface area contributed by atoms with Crippen molar-refractivity contribution in [3.05, 3.63) is 88.5 Å². The van der Waals surface area contributed by atoms with Crippen molar-refractivity contribution < 1.29 is 18.3 Å². The zero-order chi connectivity index (χ0) is 20.8. The minimum atomic E-state index is -1.11. The number of rotatable bonds is 6. The highest BCUT2D eigenvalue weighted by Gasteiger charge is 2.23. The fourth-order valence-electron chi connectivity index (χ4n) is 3.24. The summed E-state index contributed by atoms with van der Waals surface area (Å²) >= 11 is 0. The summed E-state index contributed by atoms with van der Waals surface area (Å²) in [5.41, 5.74) is 1.39. The van der Waals surface area contributed by atoms with Crippen LogP contribution in [0.5, 0.6) is 5.75 Å².